The number of nitrogens with one attached hydrogen (secondary N) is 1. The van der Waals surface area contributed by atoms with E-state index in [0.29, 0.717) is 17.7 Å². The predicted octanol–water partition coefficient (Wildman–Crippen LogP) is 1.28. The minimum atomic E-state index is -0.869. The summed E-state index contributed by atoms with van der Waals surface area (Å²) in [6, 6.07) is 5.45. The van der Waals surface area contributed by atoms with Crippen molar-refractivity contribution < 1.29 is 10.2 Å². The van der Waals surface area contributed by atoms with E-state index in [2.05, 4.69) is 22.8 Å². The van der Waals surface area contributed by atoms with E-state index in [0.717, 1.165) is 10.9 Å². The zero-order chi connectivity index (χ0) is 11.5. The van der Waals surface area contributed by atoms with Gasteiger partial charge in [-0.15, -0.1) is 0 Å². The SMILES string of the molecule is OC(CCS)C(O)c1ccc2[nH]ncc2c1. The van der Waals surface area contributed by atoms with E-state index in [9.17, 15) is 10.2 Å². The van der Waals surface area contributed by atoms with E-state index in [1.807, 2.05) is 12.1 Å². The molecule has 2 aromatic rings. The van der Waals surface area contributed by atoms with Crippen molar-refractivity contribution in [1.29, 1.82) is 0 Å². The molecule has 0 bridgehead atoms. The molecule has 2 atom stereocenters. The van der Waals surface area contributed by atoms with Crippen molar-refractivity contribution in [3.63, 3.8) is 0 Å². The van der Waals surface area contributed by atoms with Gasteiger partial charge in [-0.1, -0.05) is 6.07 Å². The lowest BCUT2D eigenvalue weighted by atomic mass is 10.0. The van der Waals surface area contributed by atoms with Crippen LogP contribution in [0.1, 0.15) is 18.1 Å². The number of aliphatic hydroxyl groups excluding tert-OH is 2. The first-order valence-corrected chi connectivity index (χ1v) is 5.75. The van der Waals surface area contributed by atoms with Gasteiger partial charge < -0.3 is 10.2 Å². The Morgan fingerprint density at radius 1 is 1.38 bits per heavy atom. The molecule has 0 radical (unpaired) electrons. The van der Waals surface area contributed by atoms with E-state index in [1.54, 1.807) is 12.3 Å². The smallest absolute Gasteiger partial charge is 0.105 e. The van der Waals surface area contributed by atoms with Crippen LogP contribution in [0.5, 0.6) is 0 Å². The van der Waals surface area contributed by atoms with Gasteiger partial charge in [0.25, 0.3) is 0 Å². The fourth-order valence-electron chi connectivity index (χ4n) is 1.66. The molecule has 0 saturated heterocycles. The van der Waals surface area contributed by atoms with Gasteiger partial charge in [-0.3, -0.25) is 5.10 Å². The first-order chi connectivity index (χ1) is 7.72. The molecule has 1 aromatic heterocycles. The van der Waals surface area contributed by atoms with Crippen molar-refractivity contribution in [2.45, 2.75) is 18.6 Å². The van der Waals surface area contributed by atoms with Gasteiger partial charge in [-0.25, -0.2) is 0 Å². The Balaban J connectivity index is 2.24. The number of hydrogen-bond acceptors (Lipinski definition) is 4. The highest BCUT2D eigenvalue weighted by molar-refractivity contribution is 7.80. The molecular weight excluding hydrogens is 224 g/mol. The van der Waals surface area contributed by atoms with Crippen LogP contribution in [-0.2, 0) is 0 Å². The van der Waals surface area contributed by atoms with E-state index in [1.165, 1.54) is 0 Å². The maximum absolute atomic E-state index is 9.90. The summed E-state index contributed by atoms with van der Waals surface area (Å²) < 4.78 is 0. The van der Waals surface area contributed by atoms with Crippen molar-refractivity contribution in [2.24, 2.45) is 0 Å². The van der Waals surface area contributed by atoms with Crippen LogP contribution in [0.25, 0.3) is 10.9 Å². The molecule has 0 fully saturated rings. The van der Waals surface area contributed by atoms with Crippen molar-refractivity contribution in [3.05, 3.63) is 30.0 Å². The van der Waals surface area contributed by atoms with Crippen molar-refractivity contribution in [1.82, 2.24) is 10.2 Å². The normalized spacial score (nSPS) is 15.2. The summed E-state index contributed by atoms with van der Waals surface area (Å²) in [4.78, 5) is 0. The number of aromatic amines is 1. The van der Waals surface area contributed by atoms with E-state index in [-0.39, 0.29) is 0 Å². The number of nitrogens with zero attached hydrogens (tertiary/aromatic N) is 1. The van der Waals surface area contributed by atoms with Gasteiger partial charge >= 0.3 is 0 Å². The van der Waals surface area contributed by atoms with Gasteiger partial charge in [-0.2, -0.15) is 17.7 Å². The molecule has 0 amide bonds. The first-order valence-electron chi connectivity index (χ1n) is 5.12. The Labute approximate surface area is 98.7 Å². The molecule has 0 aliphatic heterocycles. The number of fused-ring (bicyclic) bond motifs is 1. The van der Waals surface area contributed by atoms with E-state index < -0.39 is 12.2 Å². The van der Waals surface area contributed by atoms with Gasteiger partial charge in [0, 0.05) is 5.39 Å². The van der Waals surface area contributed by atoms with Crippen LogP contribution < -0.4 is 0 Å². The van der Waals surface area contributed by atoms with Gasteiger partial charge in [0.05, 0.1) is 17.8 Å². The van der Waals surface area contributed by atoms with Crippen LogP contribution in [0.3, 0.4) is 0 Å². The third-order valence-electron chi connectivity index (χ3n) is 2.60. The molecule has 2 unspecified atom stereocenters. The lowest BCUT2D eigenvalue weighted by Gasteiger charge is -2.17. The summed E-state index contributed by atoms with van der Waals surface area (Å²) in [7, 11) is 0. The number of aliphatic hydroxyl groups is 2. The second-order valence-corrected chi connectivity index (χ2v) is 4.19. The molecule has 0 saturated carbocycles. The quantitative estimate of drug-likeness (QED) is 0.606. The van der Waals surface area contributed by atoms with E-state index in [4.69, 9.17) is 0 Å². The molecule has 4 nitrogen and oxygen atoms in total. The van der Waals surface area contributed by atoms with Crippen molar-refractivity contribution in [3.8, 4) is 0 Å². The third kappa shape index (κ3) is 2.21. The van der Waals surface area contributed by atoms with Gasteiger partial charge in [-0.05, 0) is 29.9 Å². The van der Waals surface area contributed by atoms with E-state index >= 15 is 0 Å². The molecule has 0 aliphatic rings. The maximum atomic E-state index is 9.90. The van der Waals surface area contributed by atoms with Crippen LogP contribution in [0.4, 0.5) is 0 Å². The zero-order valence-electron chi connectivity index (χ0n) is 8.67. The summed E-state index contributed by atoms with van der Waals surface area (Å²) in [6.45, 7) is 0. The maximum Gasteiger partial charge on any atom is 0.105 e. The molecule has 1 heterocycles. The molecule has 16 heavy (non-hydrogen) atoms. The lowest BCUT2D eigenvalue weighted by molar-refractivity contribution is 0.0173. The number of benzene rings is 1. The Hall–Kier alpha value is -1.04. The summed E-state index contributed by atoms with van der Waals surface area (Å²) in [6.07, 6.45) is 0.512. The highest BCUT2D eigenvalue weighted by atomic mass is 32.1. The average molecular weight is 238 g/mol. The number of thiol groups is 1. The summed E-state index contributed by atoms with van der Waals surface area (Å²) in [5.41, 5.74) is 1.61. The fourth-order valence-corrected chi connectivity index (χ4v) is 1.92. The summed E-state index contributed by atoms with van der Waals surface area (Å²) in [5.74, 6) is 0.548. The monoisotopic (exact) mass is 238 g/mol. The third-order valence-corrected chi connectivity index (χ3v) is 2.85. The predicted molar refractivity (Wildman–Crippen MR) is 65.5 cm³/mol. The van der Waals surface area contributed by atoms with Crippen LogP contribution >= 0.6 is 12.6 Å². The average Bonchev–Trinajstić information content (AvgIpc) is 2.75. The molecule has 0 spiro atoms. The molecule has 86 valence electrons. The van der Waals surface area contributed by atoms with Gasteiger partial charge in [0.1, 0.15) is 6.10 Å². The van der Waals surface area contributed by atoms with Gasteiger partial charge in [0.15, 0.2) is 0 Å². The summed E-state index contributed by atoms with van der Waals surface area (Å²) >= 11 is 4.03. The molecule has 3 N–H and O–H groups in total. The second kappa shape index (κ2) is 4.86. The highest BCUT2D eigenvalue weighted by Gasteiger charge is 2.17. The molecule has 0 aliphatic carbocycles. The van der Waals surface area contributed by atoms with Crippen LogP contribution in [0.2, 0.25) is 0 Å². The molecule has 5 heteroatoms. The minimum absolute atomic E-state index is 0.466. The van der Waals surface area contributed by atoms with Crippen LogP contribution in [0, 0.1) is 0 Å². The number of H-pyrrole nitrogens is 1. The second-order valence-electron chi connectivity index (χ2n) is 3.74. The minimum Gasteiger partial charge on any atom is -0.390 e. The largest absolute Gasteiger partial charge is 0.390 e. The number of aromatic nitrogens is 2. The fraction of sp³-hybridized carbons (Fsp3) is 0.364. The Kier molecular flexibility index (Phi) is 3.48. The first kappa shape index (κ1) is 11.4. The number of rotatable bonds is 4. The molecule has 2 rings (SSSR count). The Morgan fingerprint density at radius 2 is 2.19 bits per heavy atom. The highest BCUT2D eigenvalue weighted by Crippen LogP contribution is 2.22. The standard InChI is InChI=1S/C11H14N2O2S/c14-10(3-4-16)11(15)7-1-2-9-8(5-7)6-12-13-9/h1-2,5-6,10-11,14-16H,3-4H2,(H,12,13). The van der Waals surface area contributed by atoms with Crippen LogP contribution in [-0.4, -0.2) is 32.3 Å². The topological polar surface area (TPSA) is 69.1 Å². The zero-order valence-corrected chi connectivity index (χ0v) is 9.56. The Morgan fingerprint density at radius 3 is 2.94 bits per heavy atom. The van der Waals surface area contributed by atoms with Crippen LogP contribution in [0.15, 0.2) is 24.4 Å². The summed E-state index contributed by atoms with van der Waals surface area (Å²) in [5, 5.41) is 27.2. The lowest BCUT2D eigenvalue weighted by Crippen LogP contribution is -2.18. The van der Waals surface area contributed by atoms with Crippen molar-refractivity contribution >= 4 is 23.5 Å². The molecule has 1 aromatic carbocycles. The van der Waals surface area contributed by atoms with Gasteiger partial charge in [0.2, 0.25) is 0 Å². The molecular formula is C11H14N2O2S. The Bertz CT molecular complexity index is 472. The number of hydrogen-bond donors (Lipinski definition) is 4. The van der Waals surface area contributed by atoms with Crippen molar-refractivity contribution in [2.75, 3.05) is 5.75 Å².